The topological polar surface area (TPSA) is 73.6 Å². The van der Waals surface area contributed by atoms with E-state index < -0.39 is 6.10 Å². The minimum Gasteiger partial charge on any atom is -0.495 e. The monoisotopic (exact) mass is 238 g/mol. The van der Waals surface area contributed by atoms with Gasteiger partial charge in [0.05, 0.1) is 12.8 Å². The normalized spacial score (nSPS) is 11.7. The molecule has 0 heterocycles. The summed E-state index contributed by atoms with van der Waals surface area (Å²) in [7, 11) is 1.55. The van der Waals surface area contributed by atoms with Gasteiger partial charge in [-0.1, -0.05) is 0 Å². The first-order valence-electron chi connectivity index (χ1n) is 5.46. The van der Waals surface area contributed by atoms with E-state index in [0.717, 1.165) is 0 Å². The average molecular weight is 238 g/mol. The van der Waals surface area contributed by atoms with Crippen molar-refractivity contribution in [2.45, 2.75) is 20.0 Å². The fourth-order valence-corrected chi connectivity index (χ4v) is 1.36. The van der Waals surface area contributed by atoms with Gasteiger partial charge in [0, 0.05) is 12.6 Å². The summed E-state index contributed by atoms with van der Waals surface area (Å²) < 4.78 is 10.5. The largest absolute Gasteiger partial charge is 0.495 e. The van der Waals surface area contributed by atoms with Crippen molar-refractivity contribution >= 4 is 11.6 Å². The number of nitrogens with two attached hydrogens (primary N) is 1. The van der Waals surface area contributed by atoms with Gasteiger partial charge in [-0.05, 0) is 26.0 Å². The van der Waals surface area contributed by atoms with Gasteiger partial charge in [-0.3, -0.25) is 4.79 Å². The highest BCUT2D eigenvalue weighted by atomic mass is 16.5. The molecule has 1 rings (SSSR count). The first kappa shape index (κ1) is 13.2. The highest BCUT2D eigenvalue weighted by Crippen LogP contribution is 2.26. The van der Waals surface area contributed by atoms with Crippen LogP contribution in [0.25, 0.3) is 0 Å². The molecule has 1 atom stereocenters. The van der Waals surface area contributed by atoms with Gasteiger partial charge in [-0.2, -0.15) is 0 Å². The predicted octanol–water partition coefficient (Wildman–Crippen LogP) is 1.18. The van der Waals surface area contributed by atoms with Crippen LogP contribution in [-0.2, 0) is 4.79 Å². The number of nitrogens with one attached hydrogen (secondary N) is 1. The second kappa shape index (κ2) is 5.98. The molecular weight excluding hydrogens is 220 g/mol. The highest BCUT2D eigenvalue weighted by molar-refractivity contribution is 5.80. The minimum absolute atomic E-state index is 0.151. The van der Waals surface area contributed by atoms with Gasteiger partial charge in [0.25, 0.3) is 5.91 Å². The lowest BCUT2D eigenvalue weighted by atomic mass is 10.2. The Morgan fingerprint density at radius 1 is 1.53 bits per heavy atom. The van der Waals surface area contributed by atoms with E-state index in [1.165, 1.54) is 0 Å². The third-order valence-electron chi connectivity index (χ3n) is 2.23. The SMILES string of the molecule is CCNC(=O)C(C)Oc1ccc(OC)c(N)c1. The molecule has 1 amide bonds. The van der Waals surface area contributed by atoms with E-state index in [1.54, 1.807) is 32.2 Å². The minimum atomic E-state index is -0.553. The number of amides is 1. The van der Waals surface area contributed by atoms with Crippen molar-refractivity contribution in [1.29, 1.82) is 0 Å². The van der Waals surface area contributed by atoms with Gasteiger partial charge >= 0.3 is 0 Å². The van der Waals surface area contributed by atoms with Gasteiger partial charge in [0.1, 0.15) is 11.5 Å². The lowest BCUT2D eigenvalue weighted by Crippen LogP contribution is -2.36. The maximum atomic E-state index is 11.5. The van der Waals surface area contributed by atoms with Gasteiger partial charge in [0.2, 0.25) is 0 Å². The Hall–Kier alpha value is -1.91. The molecule has 5 nitrogen and oxygen atoms in total. The Morgan fingerprint density at radius 2 is 2.24 bits per heavy atom. The fraction of sp³-hybridized carbons (Fsp3) is 0.417. The van der Waals surface area contributed by atoms with E-state index in [2.05, 4.69) is 5.32 Å². The standard InChI is InChI=1S/C12H18N2O3/c1-4-14-12(15)8(2)17-9-5-6-11(16-3)10(13)7-9/h5-8H,4,13H2,1-3H3,(H,14,15). The van der Waals surface area contributed by atoms with Crippen molar-refractivity contribution in [3.8, 4) is 11.5 Å². The van der Waals surface area contributed by atoms with E-state index in [9.17, 15) is 4.79 Å². The lowest BCUT2D eigenvalue weighted by Gasteiger charge is -2.15. The number of rotatable bonds is 5. The van der Waals surface area contributed by atoms with Crippen LogP contribution in [-0.4, -0.2) is 25.7 Å². The Kier molecular flexibility index (Phi) is 4.63. The molecule has 1 unspecified atom stereocenters. The second-order valence-electron chi connectivity index (χ2n) is 3.56. The van der Waals surface area contributed by atoms with Crippen molar-refractivity contribution in [3.05, 3.63) is 18.2 Å². The molecule has 0 aliphatic carbocycles. The molecule has 0 aliphatic rings. The number of anilines is 1. The summed E-state index contributed by atoms with van der Waals surface area (Å²) in [5.74, 6) is 0.979. The van der Waals surface area contributed by atoms with Gasteiger partial charge in [-0.25, -0.2) is 0 Å². The van der Waals surface area contributed by atoms with Crippen LogP contribution in [0.1, 0.15) is 13.8 Å². The number of benzene rings is 1. The van der Waals surface area contributed by atoms with Gasteiger partial charge in [0.15, 0.2) is 6.10 Å². The summed E-state index contributed by atoms with van der Waals surface area (Å²) in [6, 6.07) is 5.05. The van der Waals surface area contributed by atoms with Crippen molar-refractivity contribution in [3.63, 3.8) is 0 Å². The van der Waals surface area contributed by atoms with Crippen LogP contribution >= 0.6 is 0 Å². The molecule has 1 aromatic carbocycles. The number of likely N-dealkylation sites (N-methyl/N-ethyl adjacent to an activating group) is 1. The quantitative estimate of drug-likeness (QED) is 0.755. The van der Waals surface area contributed by atoms with E-state index in [1.807, 2.05) is 6.92 Å². The summed E-state index contributed by atoms with van der Waals surface area (Å²) in [5.41, 5.74) is 6.22. The zero-order chi connectivity index (χ0) is 12.8. The van der Waals surface area contributed by atoms with Crippen LogP contribution < -0.4 is 20.5 Å². The maximum Gasteiger partial charge on any atom is 0.260 e. The summed E-state index contributed by atoms with van der Waals surface area (Å²) in [5, 5.41) is 2.68. The smallest absolute Gasteiger partial charge is 0.260 e. The third-order valence-corrected chi connectivity index (χ3v) is 2.23. The molecule has 0 radical (unpaired) electrons. The number of nitrogen functional groups attached to an aromatic ring is 1. The summed E-state index contributed by atoms with van der Waals surface area (Å²) in [6.45, 7) is 4.12. The Morgan fingerprint density at radius 3 is 2.76 bits per heavy atom. The fourth-order valence-electron chi connectivity index (χ4n) is 1.36. The number of carbonyl (C=O) groups excluding carboxylic acids is 1. The van der Waals surface area contributed by atoms with Crippen molar-refractivity contribution in [1.82, 2.24) is 5.32 Å². The summed E-state index contributed by atoms with van der Waals surface area (Å²) in [6.07, 6.45) is -0.553. The van der Waals surface area contributed by atoms with Crippen LogP contribution in [0.5, 0.6) is 11.5 Å². The molecule has 1 aromatic rings. The maximum absolute atomic E-state index is 11.5. The molecule has 0 aliphatic heterocycles. The lowest BCUT2D eigenvalue weighted by molar-refractivity contribution is -0.127. The molecule has 5 heteroatoms. The van der Waals surface area contributed by atoms with Crippen molar-refractivity contribution in [2.24, 2.45) is 0 Å². The van der Waals surface area contributed by atoms with Crippen LogP contribution in [0.4, 0.5) is 5.69 Å². The zero-order valence-corrected chi connectivity index (χ0v) is 10.3. The van der Waals surface area contributed by atoms with Crippen LogP contribution in [0.3, 0.4) is 0 Å². The third kappa shape index (κ3) is 3.55. The van der Waals surface area contributed by atoms with E-state index in [-0.39, 0.29) is 5.91 Å². The summed E-state index contributed by atoms with van der Waals surface area (Å²) in [4.78, 5) is 11.5. The van der Waals surface area contributed by atoms with Gasteiger partial charge in [-0.15, -0.1) is 0 Å². The Labute approximate surface area is 101 Å². The summed E-state index contributed by atoms with van der Waals surface area (Å²) >= 11 is 0. The molecule has 0 fully saturated rings. The Balaban J connectivity index is 2.68. The average Bonchev–Trinajstić information content (AvgIpc) is 2.29. The molecule has 0 saturated carbocycles. The first-order chi connectivity index (χ1) is 8.08. The molecule has 94 valence electrons. The van der Waals surface area contributed by atoms with E-state index in [0.29, 0.717) is 23.7 Å². The van der Waals surface area contributed by atoms with Crippen molar-refractivity contribution in [2.75, 3.05) is 19.4 Å². The molecule has 0 spiro atoms. The zero-order valence-electron chi connectivity index (χ0n) is 10.3. The van der Waals surface area contributed by atoms with Crippen LogP contribution in [0, 0.1) is 0 Å². The van der Waals surface area contributed by atoms with E-state index in [4.69, 9.17) is 15.2 Å². The molecule has 0 bridgehead atoms. The Bertz CT molecular complexity index is 393. The number of methoxy groups -OCH3 is 1. The van der Waals surface area contributed by atoms with E-state index >= 15 is 0 Å². The predicted molar refractivity (Wildman–Crippen MR) is 66.2 cm³/mol. The van der Waals surface area contributed by atoms with Gasteiger partial charge < -0.3 is 20.5 Å². The number of carbonyl (C=O) groups is 1. The number of ether oxygens (including phenoxy) is 2. The molecule has 3 N–H and O–H groups in total. The van der Waals surface area contributed by atoms with Crippen molar-refractivity contribution < 1.29 is 14.3 Å². The highest BCUT2D eigenvalue weighted by Gasteiger charge is 2.13. The number of hydrogen-bond donors (Lipinski definition) is 2. The molecule has 0 saturated heterocycles. The molecule has 0 aromatic heterocycles. The molecular formula is C12H18N2O3. The second-order valence-corrected chi connectivity index (χ2v) is 3.56. The van der Waals surface area contributed by atoms with Crippen LogP contribution in [0.15, 0.2) is 18.2 Å². The molecule has 17 heavy (non-hydrogen) atoms. The van der Waals surface area contributed by atoms with Crippen LogP contribution in [0.2, 0.25) is 0 Å². The number of hydrogen-bond acceptors (Lipinski definition) is 4. The first-order valence-corrected chi connectivity index (χ1v) is 5.46.